The molecule has 2 aliphatic heterocycles. The molecular weight excluding hydrogens is 330 g/mol. The van der Waals surface area contributed by atoms with E-state index in [9.17, 15) is 14.7 Å². The van der Waals surface area contributed by atoms with E-state index in [1.165, 1.54) is 12.5 Å². The molecule has 0 aromatic heterocycles. The van der Waals surface area contributed by atoms with Gasteiger partial charge in [-0.2, -0.15) is 0 Å². The van der Waals surface area contributed by atoms with E-state index in [2.05, 4.69) is 29.2 Å². The molecule has 0 saturated carbocycles. The fraction of sp³-hybridized carbons (Fsp3) is 0.600. The zero-order valence-corrected chi connectivity index (χ0v) is 15.5. The summed E-state index contributed by atoms with van der Waals surface area (Å²) in [5.74, 6) is 0.570. The maximum Gasteiger partial charge on any atom is 0.236 e. The van der Waals surface area contributed by atoms with E-state index in [1.54, 1.807) is 9.80 Å². The monoisotopic (exact) mass is 359 g/mol. The normalized spacial score (nSPS) is 22.9. The van der Waals surface area contributed by atoms with Crippen molar-refractivity contribution in [2.45, 2.75) is 31.8 Å². The van der Waals surface area contributed by atoms with Gasteiger partial charge in [-0.1, -0.05) is 30.3 Å². The van der Waals surface area contributed by atoms with Crippen molar-refractivity contribution in [1.82, 2.24) is 14.7 Å². The molecule has 6 nitrogen and oxygen atoms in total. The van der Waals surface area contributed by atoms with Gasteiger partial charge in [0.1, 0.15) is 0 Å². The standard InChI is InChI=1S/C20H29N3O3/c1-16(24)22-11-12-23(14-19(25)13-22)20(26)15-21-9-7-18(8-10-21)17-5-3-2-4-6-17/h2-6,18-19,25H,7-15H2,1H3. The zero-order valence-electron chi connectivity index (χ0n) is 15.5. The Kier molecular flexibility index (Phi) is 6.27. The Bertz CT molecular complexity index is 614. The number of aliphatic hydroxyl groups is 1. The van der Waals surface area contributed by atoms with E-state index in [1.807, 2.05) is 6.07 Å². The Balaban J connectivity index is 1.49. The molecule has 26 heavy (non-hydrogen) atoms. The molecule has 1 aromatic carbocycles. The second-order valence-corrected chi connectivity index (χ2v) is 7.42. The molecule has 2 aliphatic rings. The number of amides is 2. The second kappa shape index (κ2) is 8.64. The highest BCUT2D eigenvalue weighted by atomic mass is 16.3. The van der Waals surface area contributed by atoms with Crippen molar-refractivity contribution in [3.8, 4) is 0 Å². The molecular formula is C20H29N3O3. The lowest BCUT2D eigenvalue weighted by Crippen LogP contribution is -2.45. The molecule has 2 heterocycles. The van der Waals surface area contributed by atoms with E-state index in [-0.39, 0.29) is 11.8 Å². The minimum Gasteiger partial charge on any atom is -0.389 e. The van der Waals surface area contributed by atoms with Crippen LogP contribution < -0.4 is 0 Å². The molecule has 1 unspecified atom stereocenters. The second-order valence-electron chi connectivity index (χ2n) is 7.42. The molecule has 0 aliphatic carbocycles. The third kappa shape index (κ3) is 4.83. The first-order chi connectivity index (χ1) is 12.5. The van der Waals surface area contributed by atoms with Gasteiger partial charge >= 0.3 is 0 Å². The van der Waals surface area contributed by atoms with Crippen LogP contribution in [0.3, 0.4) is 0 Å². The van der Waals surface area contributed by atoms with Crippen molar-refractivity contribution >= 4 is 11.8 Å². The van der Waals surface area contributed by atoms with Gasteiger partial charge in [0.2, 0.25) is 11.8 Å². The van der Waals surface area contributed by atoms with Crippen LogP contribution in [0.5, 0.6) is 0 Å². The average Bonchev–Trinajstić information content (AvgIpc) is 2.85. The molecule has 1 N–H and O–H groups in total. The summed E-state index contributed by atoms with van der Waals surface area (Å²) >= 11 is 0. The topological polar surface area (TPSA) is 64.1 Å². The Morgan fingerprint density at radius 3 is 2.27 bits per heavy atom. The van der Waals surface area contributed by atoms with Gasteiger partial charge in [0.25, 0.3) is 0 Å². The Morgan fingerprint density at radius 2 is 1.62 bits per heavy atom. The van der Waals surface area contributed by atoms with Crippen molar-refractivity contribution in [1.29, 1.82) is 0 Å². The van der Waals surface area contributed by atoms with Gasteiger partial charge in [-0.15, -0.1) is 0 Å². The lowest BCUT2D eigenvalue weighted by atomic mass is 9.89. The van der Waals surface area contributed by atoms with Crippen molar-refractivity contribution in [3.63, 3.8) is 0 Å². The maximum absolute atomic E-state index is 12.7. The van der Waals surface area contributed by atoms with E-state index in [4.69, 9.17) is 0 Å². The number of β-amino-alcohol motifs (C(OH)–C–C–N with tert-alkyl or cyclic N) is 1. The summed E-state index contributed by atoms with van der Waals surface area (Å²) in [5, 5.41) is 10.1. The van der Waals surface area contributed by atoms with E-state index in [0.717, 1.165) is 25.9 Å². The summed E-state index contributed by atoms with van der Waals surface area (Å²) in [7, 11) is 0. The van der Waals surface area contributed by atoms with Gasteiger partial charge in [-0.25, -0.2) is 0 Å². The number of hydrogen-bond acceptors (Lipinski definition) is 4. The zero-order chi connectivity index (χ0) is 18.5. The van der Waals surface area contributed by atoms with Crippen molar-refractivity contribution < 1.29 is 14.7 Å². The molecule has 1 aromatic rings. The number of aliphatic hydroxyl groups excluding tert-OH is 1. The molecule has 1 atom stereocenters. The molecule has 6 heteroatoms. The molecule has 3 rings (SSSR count). The summed E-state index contributed by atoms with van der Waals surface area (Å²) in [6, 6.07) is 10.6. The predicted molar refractivity (Wildman–Crippen MR) is 99.7 cm³/mol. The number of likely N-dealkylation sites (tertiary alicyclic amines) is 1. The number of piperidine rings is 1. The van der Waals surface area contributed by atoms with Crippen LogP contribution in [0.25, 0.3) is 0 Å². The fourth-order valence-corrected chi connectivity index (χ4v) is 3.94. The van der Waals surface area contributed by atoms with Crippen LogP contribution in [0.1, 0.15) is 31.2 Å². The Morgan fingerprint density at radius 1 is 1.00 bits per heavy atom. The predicted octanol–water partition coefficient (Wildman–Crippen LogP) is 0.918. The average molecular weight is 359 g/mol. The van der Waals surface area contributed by atoms with Crippen LogP contribution in [0.4, 0.5) is 0 Å². The molecule has 0 bridgehead atoms. The molecule has 142 valence electrons. The van der Waals surface area contributed by atoms with Crippen LogP contribution in [-0.4, -0.2) is 83.5 Å². The van der Waals surface area contributed by atoms with Gasteiger partial charge in [0.05, 0.1) is 12.6 Å². The molecule has 2 amide bonds. The van der Waals surface area contributed by atoms with Crippen LogP contribution in [0.2, 0.25) is 0 Å². The molecule has 0 spiro atoms. The first kappa shape index (κ1) is 18.9. The van der Waals surface area contributed by atoms with E-state index >= 15 is 0 Å². The number of nitrogens with zero attached hydrogens (tertiary/aromatic N) is 3. The van der Waals surface area contributed by atoms with E-state index in [0.29, 0.717) is 38.6 Å². The number of carbonyl (C=O) groups excluding carboxylic acids is 2. The molecule has 2 fully saturated rings. The third-order valence-electron chi connectivity index (χ3n) is 5.52. The fourth-order valence-electron chi connectivity index (χ4n) is 3.94. The smallest absolute Gasteiger partial charge is 0.236 e. The quantitative estimate of drug-likeness (QED) is 0.872. The third-order valence-corrected chi connectivity index (χ3v) is 5.52. The summed E-state index contributed by atoms with van der Waals surface area (Å²) in [4.78, 5) is 29.7. The summed E-state index contributed by atoms with van der Waals surface area (Å²) < 4.78 is 0. The molecule has 0 radical (unpaired) electrons. The van der Waals surface area contributed by atoms with Crippen molar-refractivity contribution in [2.24, 2.45) is 0 Å². The van der Waals surface area contributed by atoms with Crippen LogP contribution in [-0.2, 0) is 9.59 Å². The lowest BCUT2D eigenvalue weighted by molar-refractivity contribution is -0.134. The number of carbonyl (C=O) groups is 2. The first-order valence-corrected chi connectivity index (χ1v) is 9.51. The lowest BCUT2D eigenvalue weighted by Gasteiger charge is -2.33. The highest BCUT2D eigenvalue weighted by Crippen LogP contribution is 2.27. The summed E-state index contributed by atoms with van der Waals surface area (Å²) in [6.45, 7) is 5.34. The SMILES string of the molecule is CC(=O)N1CCN(C(=O)CN2CCC(c3ccccc3)CC2)CC(O)C1. The van der Waals surface area contributed by atoms with Gasteiger partial charge in [-0.3, -0.25) is 14.5 Å². The van der Waals surface area contributed by atoms with Gasteiger partial charge in [-0.05, 0) is 37.4 Å². The summed E-state index contributed by atoms with van der Waals surface area (Å²) in [5.41, 5.74) is 1.39. The summed E-state index contributed by atoms with van der Waals surface area (Å²) in [6.07, 6.45) is 1.46. The highest BCUT2D eigenvalue weighted by molar-refractivity contribution is 5.78. The van der Waals surface area contributed by atoms with Gasteiger partial charge in [0, 0.05) is 33.1 Å². The Labute approximate surface area is 155 Å². The van der Waals surface area contributed by atoms with Crippen LogP contribution in [0.15, 0.2) is 30.3 Å². The molecule has 2 saturated heterocycles. The van der Waals surface area contributed by atoms with Gasteiger partial charge < -0.3 is 14.9 Å². The minimum absolute atomic E-state index is 0.0487. The number of rotatable bonds is 3. The first-order valence-electron chi connectivity index (χ1n) is 9.51. The van der Waals surface area contributed by atoms with E-state index < -0.39 is 6.10 Å². The highest BCUT2D eigenvalue weighted by Gasteiger charge is 2.28. The van der Waals surface area contributed by atoms with Crippen LogP contribution >= 0.6 is 0 Å². The largest absolute Gasteiger partial charge is 0.389 e. The van der Waals surface area contributed by atoms with Crippen molar-refractivity contribution in [3.05, 3.63) is 35.9 Å². The van der Waals surface area contributed by atoms with Gasteiger partial charge in [0.15, 0.2) is 0 Å². The number of hydrogen-bond donors (Lipinski definition) is 1. The van der Waals surface area contributed by atoms with Crippen molar-refractivity contribution in [2.75, 3.05) is 45.8 Å². The Hall–Kier alpha value is -1.92. The van der Waals surface area contributed by atoms with Crippen LogP contribution in [0, 0.1) is 0 Å². The number of benzene rings is 1. The maximum atomic E-state index is 12.7. The minimum atomic E-state index is -0.672.